The van der Waals surface area contributed by atoms with Gasteiger partial charge in [0, 0.05) is 20.0 Å². The maximum absolute atomic E-state index is 13.6. The summed E-state index contributed by atoms with van der Waals surface area (Å²) in [5, 5.41) is 2.77. The molecule has 3 aromatic carbocycles. The van der Waals surface area contributed by atoms with E-state index in [4.69, 9.17) is 0 Å². The maximum Gasteiger partial charge on any atom is 0.242 e. The first-order valence-corrected chi connectivity index (χ1v) is 11.0. The summed E-state index contributed by atoms with van der Waals surface area (Å²) in [7, 11) is 1.62. The van der Waals surface area contributed by atoms with E-state index >= 15 is 0 Å². The number of nitrogens with zero attached hydrogens (tertiary/aromatic N) is 1. The molecule has 0 spiro atoms. The number of hydrogen-bond acceptors (Lipinski definition) is 2. The van der Waals surface area contributed by atoms with Gasteiger partial charge >= 0.3 is 0 Å². The summed E-state index contributed by atoms with van der Waals surface area (Å²) in [6.07, 6.45) is 0.729. The van der Waals surface area contributed by atoms with E-state index in [2.05, 4.69) is 17.4 Å². The zero-order valence-electron chi connectivity index (χ0n) is 19.4. The highest BCUT2D eigenvalue weighted by atomic mass is 16.2. The van der Waals surface area contributed by atoms with Crippen LogP contribution in [0.1, 0.15) is 33.4 Å². The van der Waals surface area contributed by atoms with Gasteiger partial charge in [-0.15, -0.1) is 0 Å². The first kappa shape index (κ1) is 23.3. The van der Waals surface area contributed by atoms with Gasteiger partial charge in [0.1, 0.15) is 6.04 Å². The van der Waals surface area contributed by atoms with Gasteiger partial charge in [0.25, 0.3) is 0 Å². The molecule has 2 amide bonds. The summed E-state index contributed by atoms with van der Waals surface area (Å²) < 4.78 is 0. The Morgan fingerprint density at radius 1 is 0.844 bits per heavy atom. The molecular formula is C28H32N2O2. The monoisotopic (exact) mass is 428 g/mol. The van der Waals surface area contributed by atoms with Crippen molar-refractivity contribution in [1.82, 2.24) is 10.2 Å². The van der Waals surface area contributed by atoms with Gasteiger partial charge in [-0.05, 0) is 43.0 Å². The highest BCUT2D eigenvalue weighted by Crippen LogP contribution is 2.19. The van der Waals surface area contributed by atoms with Crippen molar-refractivity contribution in [3.63, 3.8) is 0 Å². The van der Waals surface area contributed by atoms with E-state index in [0.29, 0.717) is 13.0 Å². The van der Waals surface area contributed by atoms with Crippen LogP contribution in [0.4, 0.5) is 0 Å². The first-order chi connectivity index (χ1) is 15.4. The van der Waals surface area contributed by atoms with Gasteiger partial charge in [-0.1, -0.05) is 83.9 Å². The Morgan fingerprint density at radius 3 is 2.16 bits per heavy atom. The summed E-state index contributed by atoms with van der Waals surface area (Å²) in [5.41, 5.74) is 6.39. The van der Waals surface area contributed by atoms with Gasteiger partial charge in [-0.2, -0.15) is 0 Å². The molecule has 4 nitrogen and oxygen atoms in total. The number of hydrogen-bond donors (Lipinski definition) is 1. The van der Waals surface area contributed by atoms with Gasteiger partial charge in [0.15, 0.2) is 0 Å². The number of likely N-dealkylation sites (N-methyl/N-ethyl adjacent to an activating group) is 1. The molecular weight excluding hydrogens is 396 g/mol. The van der Waals surface area contributed by atoms with Crippen LogP contribution in [0.15, 0.2) is 72.8 Å². The fourth-order valence-corrected chi connectivity index (χ4v) is 3.87. The van der Waals surface area contributed by atoms with Crippen molar-refractivity contribution in [1.29, 1.82) is 0 Å². The smallest absolute Gasteiger partial charge is 0.242 e. The Hall–Kier alpha value is -3.40. The number of nitrogens with one attached hydrogen (secondary N) is 1. The fourth-order valence-electron chi connectivity index (χ4n) is 3.87. The number of carbonyl (C=O) groups is 2. The predicted molar refractivity (Wildman–Crippen MR) is 129 cm³/mol. The lowest BCUT2D eigenvalue weighted by atomic mass is 9.99. The van der Waals surface area contributed by atoms with Gasteiger partial charge in [0.05, 0.1) is 6.42 Å². The van der Waals surface area contributed by atoms with Crippen LogP contribution >= 0.6 is 0 Å². The normalized spacial score (nSPS) is 11.6. The van der Waals surface area contributed by atoms with E-state index in [1.807, 2.05) is 81.4 Å². The Balaban J connectivity index is 1.96. The SMILES string of the molecule is CNC(=O)[C@H](Cc1ccccc1)N(Cc1ccc(C)cc1)C(=O)Cc1cc(C)ccc1C. The predicted octanol–water partition coefficient (Wildman–Crippen LogP) is 4.54. The number of aryl methyl sites for hydroxylation is 3. The molecule has 1 N–H and O–H groups in total. The van der Waals surface area contributed by atoms with Gasteiger partial charge in [-0.3, -0.25) is 9.59 Å². The lowest BCUT2D eigenvalue weighted by Crippen LogP contribution is -2.50. The molecule has 0 fully saturated rings. The van der Waals surface area contributed by atoms with E-state index in [1.54, 1.807) is 11.9 Å². The standard InChI is InChI=1S/C28H32N2O2/c1-20-11-14-24(15-12-20)19-30(27(31)18-25-16-21(2)10-13-22(25)3)26(28(32)29-4)17-23-8-6-5-7-9-23/h5-16,26H,17-19H2,1-4H3,(H,29,32)/t26-/m0/s1. The van der Waals surface area contributed by atoms with Crippen molar-refractivity contribution in [2.45, 2.75) is 46.2 Å². The summed E-state index contributed by atoms with van der Waals surface area (Å²) in [5.74, 6) is -0.209. The van der Waals surface area contributed by atoms with Gasteiger partial charge in [0.2, 0.25) is 11.8 Å². The van der Waals surface area contributed by atoms with Crippen LogP contribution in [0.25, 0.3) is 0 Å². The van der Waals surface area contributed by atoms with Crippen LogP contribution in [0.3, 0.4) is 0 Å². The molecule has 3 rings (SSSR count). The van der Waals surface area contributed by atoms with Crippen LogP contribution in [-0.2, 0) is 29.0 Å². The molecule has 0 radical (unpaired) electrons. The van der Waals surface area contributed by atoms with Crippen molar-refractivity contribution >= 4 is 11.8 Å². The first-order valence-electron chi connectivity index (χ1n) is 11.0. The van der Waals surface area contributed by atoms with E-state index in [9.17, 15) is 9.59 Å². The highest BCUT2D eigenvalue weighted by Gasteiger charge is 2.30. The lowest BCUT2D eigenvalue weighted by molar-refractivity contribution is -0.140. The quantitative estimate of drug-likeness (QED) is 0.573. The maximum atomic E-state index is 13.6. The van der Waals surface area contributed by atoms with E-state index in [1.165, 1.54) is 0 Å². The van der Waals surface area contributed by atoms with Crippen LogP contribution in [0.2, 0.25) is 0 Å². The molecule has 0 aliphatic rings. The van der Waals surface area contributed by atoms with Gasteiger partial charge in [-0.25, -0.2) is 0 Å². The Labute approximate surface area is 191 Å². The fraction of sp³-hybridized carbons (Fsp3) is 0.286. The van der Waals surface area contributed by atoms with Crippen molar-refractivity contribution in [2.75, 3.05) is 7.05 Å². The molecule has 0 unspecified atom stereocenters. The number of benzene rings is 3. The summed E-state index contributed by atoms with van der Waals surface area (Å²) >= 11 is 0. The minimum absolute atomic E-state index is 0.0520. The molecule has 0 aliphatic carbocycles. The summed E-state index contributed by atoms with van der Waals surface area (Å²) in [6, 6.07) is 23.5. The average molecular weight is 429 g/mol. The second-order valence-corrected chi connectivity index (χ2v) is 8.43. The van der Waals surface area contributed by atoms with Crippen LogP contribution in [0.5, 0.6) is 0 Å². The average Bonchev–Trinajstić information content (AvgIpc) is 2.80. The van der Waals surface area contributed by atoms with Crippen LogP contribution in [-0.4, -0.2) is 29.8 Å². The number of rotatable bonds is 8. The molecule has 3 aromatic rings. The molecule has 0 aromatic heterocycles. The topological polar surface area (TPSA) is 49.4 Å². The Morgan fingerprint density at radius 2 is 1.50 bits per heavy atom. The highest BCUT2D eigenvalue weighted by molar-refractivity contribution is 5.88. The van der Waals surface area contributed by atoms with Crippen molar-refractivity contribution in [2.24, 2.45) is 0 Å². The van der Waals surface area contributed by atoms with Crippen LogP contribution in [0, 0.1) is 20.8 Å². The Bertz CT molecular complexity index is 1060. The molecule has 4 heteroatoms. The summed E-state index contributed by atoms with van der Waals surface area (Å²) in [4.78, 5) is 28.4. The molecule has 1 atom stereocenters. The zero-order valence-corrected chi connectivity index (χ0v) is 19.4. The third-order valence-corrected chi connectivity index (χ3v) is 5.84. The number of carbonyl (C=O) groups excluding carboxylic acids is 2. The molecule has 166 valence electrons. The molecule has 0 saturated heterocycles. The molecule has 0 aliphatic heterocycles. The third-order valence-electron chi connectivity index (χ3n) is 5.84. The minimum atomic E-state index is -0.596. The zero-order chi connectivity index (χ0) is 23.1. The molecule has 0 bridgehead atoms. The van der Waals surface area contributed by atoms with Crippen molar-refractivity contribution in [3.8, 4) is 0 Å². The van der Waals surface area contributed by atoms with Crippen molar-refractivity contribution < 1.29 is 9.59 Å². The Kier molecular flexibility index (Phi) is 7.82. The van der Waals surface area contributed by atoms with Crippen LogP contribution < -0.4 is 5.32 Å². The second kappa shape index (κ2) is 10.8. The molecule has 0 heterocycles. The second-order valence-electron chi connectivity index (χ2n) is 8.43. The van der Waals surface area contributed by atoms with Crippen molar-refractivity contribution in [3.05, 3.63) is 106 Å². The van der Waals surface area contributed by atoms with E-state index < -0.39 is 6.04 Å². The summed E-state index contributed by atoms with van der Waals surface area (Å²) in [6.45, 7) is 6.47. The van der Waals surface area contributed by atoms with E-state index in [-0.39, 0.29) is 18.2 Å². The molecule has 0 saturated carbocycles. The molecule has 32 heavy (non-hydrogen) atoms. The third kappa shape index (κ3) is 6.07. The van der Waals surface area contributed by atoms with E-state index in [0.717, 1.165) is 33.4 Å². The minimum Gasteiger partial charge on any atom is -0.357 e. The van der Waals surface area contributed by atoms with Gasteiger partial charge < -0.3 is 10.2 Å². The largest absolute Gasteiger partial charge is 0.357 e. The lowest BCUT2D eigenvalue weighted by Gasteiger charge is -2.31. The number of amides is 2.